The second-order valence-corrected chi connectivity index (χ2v) is 6.59. The first-order valence-electron chi connectivity index (χ1n) is 7.45. The lowest BCUT2D eigenvalue weighted by molar-refractivity contribution is 0.230. The minimum Gasteiger partial charge on any atom is -0.395 e. The van der Waals surface area contributed by atoms with Crippen LogP contribution in [-0.2, 0) is 12.8 Å². The third-order valence-electron chi connectivity index (χ3n) is 4.16. The fourth-order valence-electron chi connectivity index (χ4n) is 3.12. The number of hydrogen-bond donors (Lipinski definition) is 2. The minimum atomic E-state index is 0.104. The Morgan fingerprint density at radius 1 is 1.19 bits per heavy atom. The van der Waals surface area contributed by atoms with Crippen LogP contribution in [-0.4, -0.2) is 17.8 Å². The highest BCUT2D eigenvalue weighted by Crippen LogP contribution is 2.33. The van der Waals surface area contributed by atoms with Crippen LogP contribution in [0.2, 0.25) is 0 Å². The zero-order valence-corrected chi connectivity index (χ0v) is 13.5. The van der Waals surface area contributed by atoms with Crippen molar-refractivity contribution in [3.05, 3.63) is 69.7 Å². The van der Waals surface area contributed by atoms with Crippen LogP contribution in [0.15, 0.2) is 53.0 Å². The van der Waals surface area contributed by atoms with Crippen molar-refractivity contribution in [2.75, 3.05) is 6.61 Å². The third-order valence-corrected chi connectivity index (χ3v) is 4.66. The quantitative estimate of drug-likeness (QED) is 0.867. The highest BCUT2D eigenvalue weighted by Gasteiger charge is 2.24. The van der Waals surface area contributed by atoms with E-state index in [1.165, 1.54) is 16.7 Å². The predicted molar refractivity (Wildman–Crippen MR) is 89.4 cm³/mol. The predicted octanol–water partition coefficient (Wildman–Crippen LogP) is 3.63. The lowest BCUT2D eigenvalue weighted by Gasteiger charge is -2.22. The van der Waals surface area contributed by atoms with E-state index >= 15 is 0 Å². The molecule has 0 amide bonds. The van der Waals surface area contributed by atoms with Gasteiger partial charge in [0.15, 0.2) is 0 Å². The highest BCUT2D eigenvalue weighted by atomic mass is 79.9. The van der Waals surface area contributed by atoms with Crippen molar-refractivity contribution in [1.82, 2.24) is 5.32 Å². The molecule has 2 atom stereocenters. The summed E-state index contributed by atoms with van der Waals surface area (Å²) in [6.07, 6.45) is 3.08. The summed E-state index contributed by atoms with van der Waals surface area (Å²) in [5.74, 6) is 0. The van der Waals surface area contributed by atoms with Crippen LogP contribution in [0.3, 0.4) is 0 Å². The Balaban J connectivity index is 1.69. The number of halogens is 1. The van der Waals surface area contributed by atoms with Crippen molar-refractivity contribution >= 4 is 15.9 Å². The molecule has 2 nitrogen and oxygen atoms in total. The minimum absolute atomic E-state index is 0.104. The first-order valence-corrected chi connectivity index (χ1v) is 8.24. The Bertz CT molecular complexity index is 599. The van der Waals surface area contributed by atoms with E-state index in [4.69, 9.17) is 0 Å². The van der Waals surface area contributed by atoms with Gasteiger partial charge in [0.1, 0.15) is 0 Å². The van der Waals surface area contributed by atoms with Gasteiger partial charge in [-0.3, -0.25) is 0 Å². The zero-order chi connectivity index (χ0) is 14.7. The summed E-state index contributed by atoms with van der Waals surface area (Å²) < 4.78 is 1.14. The van der Waals surface area contributed by atoms with Crippen LogP contribution in [0.4, 0.5) is 0 Å². The van der Waals surface area contributed by atoms with Crippen molar-refractivity contribution in [2.24, 2.45) is 0 Å². The maximum absolute atomic E-state index is 9.67. The van der Waals surface area contributed by atoms with Gasteiger partial charge in [0.2, 0.25) is 0 Å². The molecule has 3 rings (SSSR count). The Morgan fingerprint density at radius 3 is 2.76 bits per heavy atom. The van der Waals surface area contributed by atoms with Crippen LogP contribution in [0.1, 0.15) is 29.2 Å². The van der Waals surface area contributed by atoms with E-state index in [1.54, 1.807) is 0 Å². The molecule has 0 aliphatic heterocycles. The van der Waals surface area contributed by atoms with Crippen LogP contribution in [0, 0.1) is 0 Å². The van der Waals surface area contributed by atoms with Gasteiger partial charge in [-0.1, -0.05) is 52.3 Å². The van der Waals surface area contributed by atoms with Crippen molar-refractivity contribution in [3.63, 3.8) is 0 Å². The van der Waals surface area contributed by atoms with Gasteiger partial charge in [0.25, 0.3) is 0 Å². The number of aryl methyl sites for hydroxylation is 1. The normalized spacial score (nSPS) is 18.5. The number of benzene rings is 2. The molecule has 1 aliphatic carbocycles. The van der Waals surface area contributed by atoms with Gasteiger partial charge in [-0.2, -0.15) is 0 Å². The van der Waals surface area contributed by atoms with E-state index < -0.39 is 0 Å². The molecule has 2 aromatic rings. The number of nitrogens with one attached hydrogen (secondary N) is 1. The monoisotopic (exact) mass is 345 g/mol. The second kappa shape index (κ2) is 6.73. The molecule has 2 aromatic carbocycles. The third kappa shape index (κ3) is 3.54. The molecule has 0 heterocycles. The topological polar surface area (TPSA) is 32.3 Å². The lowest BCUT2D eigenvalue weighted by atomic mass is 10.0. The summed E-state index contributed by atoms with van der Waals surface area (Å²) in [6.45, 7) is 0.164. The van der Waals surface area contributed by atoms with E-state index in [-0.39, 0.29) is 12.6 Å². The van der Waals surface area contributed by atoms with Gasteiger partial charge >= 0.3 is 0 Å². The Kier molecular flexibility index (Phi) is 4.73. The number of fused-ring (bicyclic) bond motifs is 1. The molecule has 0 spiro atoms. The van der Waals surface area contributed by atoms with Crippen molar-refractivity contribution in [1.29, 1.82) is 0 Å². The SMILES string of the molecule is OCC(Cc1ccccc1)NC1CCc2cc(Br)ccc21. The first kappa shape index (κ1) is 14.8. The maximum atomic E-state index is 9.67. The molecule has 21 heavy (non-hydrogen) atoms. The number of aliphatic hydroxyl groups excluding tert-OH is 1. The standard InChI is InChI=1S/C18H20BrNO/c19-15-7-8-17-14(11-15)6-9-18(17)20-16(12-21)10-13-4-2-1-3-5-13/h1-5,7-8,11,16,18,20-21H,6,9-10,12H2. The summed E-state index contributed by atoms with van der Waals surface area (Å²) in [5.41, 5.74) is 4.06. The first-order chi connectivity index (χ1) is 10.3. The van der Waals surface area contributed by atoms with Gasteiger partial charge in [-0.25, -0.2) is 0 Å². The molecule has 110 valence electrons. The fraction of sp³-hybridized carbons (Fsp3) is 0.333. The number of hydrogen-bond acceptors (Lipinski definition) is 2. The molecule has 3 heteroatoms. The molecular weight excluding hydrogens is 326 g/mol. The van der Waals surface area contributed by atoms with E-state index in [1.807, 2.05) is 18.2 Å². The number of rotatable bonds is 5. The second-order valence-electron chi connectivity index (χ2n) is 5.67. The lowest BCUT2D eigenvalue weighted by Crippen LogP contribution is -2.36. The summed E-state index contributed by atoms with van der Waals surface area (Å²) in [4.78, 5) is 0. The molecule has 0 saturated heterocycles. The summed E-state index contributed by atoms with van der Waals surface area (Å²) in [5, 5.41) is 13.3. The molecule has 0 bridgehead atoms. The molecule has 1 aliphatic rings. The molecule has 2 unspecified atom stereocenters. The van der Waals surface area contributed by atoms with Crippen LogP contribution >= 0.6 is 15.9 Å². The summed E-state index contributed by atoms with van der Waals surface area (Å²) >= 11 is 3.53. The molecular formula is C18H20BrNO. The Hall–Kier alpha value is -1.16. The highest BCUT2D eigenvalue weighted by molar-refractivity contribution is 9.10. The van der Waals surface area contributed by atoms with E-state index in [0.29, 0.717) is 6.04 Å². The smallest absolute Gasteiger partial charge is 0.0588 e. The van der Waals surface area contributed by atoms with E-state index in [9.17, 15) is 5.11 Å². The summed E-state index contributed by atoms with van der Waals surface area (Å²) in [6, 6.07) is 17.3. The largest absolute Gasteiger partial charge is 0.395 e. The molecule has 0 saturated carbocycles. The van der Waals surface area contributed by atoms with Crippen LogP contribution in [0.25, 0.3) is 0 Å². The van der Waals surface area contributed by atoms with Gasteiger partial charge < -0.3 is 10.4 Å². The zero-order valence-electron chi connectivity index (χ0n) is 11.9. The average molecular weight is 346 g/mol. The van der Waals surface area contributed by atoms with Gasteiger partial charge in [-0.05, 0) is 48.1 Å². The van der Waals surface area contributed by atoms with E-state index in [2.05, 4.69) is 51.6 Å². The average Bonchev–Trinajstić information content (AvgIpc) is 2.89. The Labute approximate surface area is 134 Å². The molecule has 0 aromatic heterocycles. The van der Waals surface area contributed by atoms with Crippen LogP contribution < -0.4 is 5.32 Å². The Morgan fingerprint density at radius 2 is 2.00 bits per heavy atom. The van der Waals surface area contributed by atoms with Crippen molar-refractivity contribution in [2.45, 2.75) is 31.3 Å². The maximum Gasteiger partial charge on any atom is 0.0588 e. The summed E-state index contributed by atoms with van der Waals surface area (Å²) in [7, 11) is 0. The van der Waals surface area contributed by atoms with Gasteiger partial charge in [0.05, 0.1) is 6.61 Å². The van der Waals surface area contributed by atoms with Gasteiger partial charge in [-0.15, -0.1) is 0 Å². The number of aliphatic hydroxyl groups is 1. The molecule has 2 N–H and O–H groups in total. The van der Waals surface area contributed by atoms with Crippen molar-refractivity contribution < 1.29 is 5.11 Å². The molecule has 0 radical (unpaired) electrons. The fourth-order valence-corrected chi connectivity index (χ4v) is 3.53. The van der Waals surface area contributed by atoms with Gasteiger partial charge in [0, 0.05) is 16.6 Å². The van der Waals surface area contributed by atoms with E-state index in [0.717, 1.165) is 23.7 Å². The van der Waals surface area contributed by atoms with Crippen molar-refractivity contribution in [3.8, 4) is 0 Å². The van der Waals surface area contributed by atoms with Crippen LogP contribution in [0.5, 0.6) is 0 Å². The molecule has 0 fully saturated rings.